The van der Waals surface area contributed by atoms with Crippen molar-refractivity contribution in [1.29, 1.82) is 0 Å². The van der Waals surface area contributed by atoms with Gasteiger partial charge < -0.3 is 9.73 Å². The molecule has 0 saturated carbocycles. The van der Waals surface area contributed by atoms with Crippen molar-refractivity contribution in [3.8, 4) is 0 Å². The molecule has 1 aromatic heterocycles. The van der Waals surface area contributed by atoms with Gasteiger partial charge in [-0.1, -0.05) is 27.2 Å². The molecule has 0 atom stereocenters. The number of hydrogen-bond donors (Lipinski definition) is 1. The fraction of sp³-hybridized carbons (Fsp3) is 0.714. The highest BCUT2D eigenvalue weighted by atomic mass is 79.9. The second kappa shape index (κ2) is 8.92. The van der Waals surface area contributed by atoms with Gasteiger partial charge in [-0.05, 0) is 35.3 Å². The van der Waals surface area contributed by atoms with Crippen molar-refractivity contribution in [3.63, 3.8) is 0 Å². The van der Waals surface area contributed by atoms with E-state index in [2.05, 4.69) is 28.2 Å². The molecule has 122 valence electrons. The molecule has 21 heavy (non-hydrogen) atoms. The summed E-state index contributed by atoms with van der Waals surface area (Å²) in [5, 5.41) is 3.20. The van der Waals surface area contributed by atoms with E-state index in [9.17, 15) is 8.42 Å². The molecule has 0 aliphatic heterocycles. The number of unbranched alkanes of at least 4 members (excludes halogenated alkanes) is 1. The Morgan fingerprint density at radius 2 is 2.00 bits per heavy atom. The number of nitrogens with one attached hydrogen (secondary N) is 1. The molecule has 1 aromatic rings. The van der Waals surface area contributed by atoms with Crippen molar-refractivity contribution in [3.05, 3.63) is 16.5 Å². The van der Waals surface area contributed by atoms with E-state index >= 15 is 0 Å². The molecule has 1 rings (SSSR count). The van der Waals surface area contributed by atoms with Crippen LogP contribution in [0, 0.1) is 0 Å². The summed E-state index contributed by atoms with van der Waals surface area (Å²) in [5.41, 5.74) is 0. The number of nitrogens with zero attached hydrogens (tertiary/aromatic N) is 1. The summed E-state index contributed by atoms with van der Waals surface area (Å²) in [6.07, 6.45) is 2.84. The quantitative estimate of drug-likeness (QED) is 0.632. The number of sulfonamides is 1. The van der Waals surface area contributed by atoms with E-state index in [1.54, 1.807) is 6.07 Å². The molecule has 0 aliphatic rings. The van der Waals surface area contributed by atoms with Gasteiger partial charge >= 0.3 is 0 Å². The Morgan fingerprint density at radius 3 is 2.57 bits per heavy atom. The minimum Gasteiger partial charge on any atom is -0.452 e. The predicted molar refractivity (Wildman–Crippen MR) is 87.7 cm³/mol. The summed E-state index contributed by atoms with van der Waals surface area (Å²) < 4.78 is 32.6. The molecule has 0 aromatic carbocycles. The lowest BCUT2D eigenvalue weighted by Crippen LogP contribution is -2.31. The Bertz CT molecular complexity index is 528. The zero-order valence-electron chi connectivity index (χ0n) is 13.0. The third-order valence-electron chi connectivity index (χ3n) is 3.16. The monoisotopic (exact) mass is 380 g/mol. The highest BCUT2D eigenvalue weighted by Crippen LogP contribution is 2.29. The van der Waals surface area contributed by atoms with Gasteiger partial charge in [0, 0.05) is 19.2 Å². The molecular weight excluding hydrogens is 356 g/mol. The summed E-state index contributed by atoms with van der Waals surface area (Å²) in [7, 11) is -3.50. The lowest BCUT2D eigenvalue weighted by Gasteiger charge is -2.19. The van der Waals surface area contributed by atoms with Crippen LogP contribution in [0.3, 0.4) is 0 Å². The SMILES string of the molecule is CCCCN(CC)S(=O)(=O)c1cc(CNCCC)oc1Br. The van der Waals surface area contributed by atoms with E-state index in [0.29, 0.717) is 25.4 Å². The molecule has 0 unspecified atom stereocenters. The fourth-order valence-corrected chi connectivity index (χ4v) is 4.42. The van der Waals surface area contributed by atoms with Crippen molar-refractivity contribution in [2.75, 3.05) is 19.6 Å². The van der Waals surface area contributed by atoms with Gasteiger partial charge in [-0.2, -0.15) is 4.31 Å². The maximum absolute atomic E-state index is 12.6. The van der Waals surface area contributed by atoms with Gasteiger partial charge in [0.05, 0.1) is 6.54 Å². The van der Waals surface area contributed by atoms with E-state index in [0.717, 1.165) is 25.8 Å². The first-order valence-corrected chi connectivity index (χ1v) is 9.69. The predicted octanol–water partition coefficient (Wildman–Crippen LogP) is 3.35. The Hall–Kier alpha value is -0.370. The summed E-state index contributed by atoms with van der Waals surface area (Å²) >= 11 is 3.23. The standard InChI is InChI=1S/C14H25BrN2O3S/c1-4-7-9-17(6-3)21(18,19)13-10-12(20-14(13)15)11-16-8-5-2/h10,16H,4-9,11H2,1-3H3. The van der Waals surface area contributed by atoms with Crippen LogP contribution < -0.4 is 5.32 Å². The number of rotatable bonds is 10. The highest BCUT2D eigenvalue weighted by Gasteiger charge is 2.28. The second-order valence-electron chi connectivity index (χ2n) is 4.88. The van der Waals surface area contributed by atoms with E-state index in [-0.39, 0.29) is 9.56 Å². The summed E-state index contributed by atoms with van der Waals surface area (Å²) in [4.78, 5) is 0.216. The largest absolute Gasteiger partial charge is 0.452 e. The maximum atomic E-state index is 12.6. The van der Waals surface area contributed by atoms with Gasteiger partial charge in [-0.15, -0.1) is 0 Å². The number of halogens is 1. The second-order valence-corrected chi connectivity index (χ2v) is 7.50. The summed E-state index contributed by atoms with van der Waals surface area (Å²) in [6, 6.07) is 1.61. The van der Waals surface area contributed by atoms with Gasteiger partial charge in [0.1, 0.15) is 10.7 Å². The van der Waals surface area contributed by atoms with E-state index < -0.39 is 10.0 Å². The molecule has 1 heterocycles. The lowest BCUT2D eigenvalue weighted by molar-refractivity contribution is 0.415. The Balaban J connectivity index is 2.91. The van der Waals surface area contributed by atoms with Crippen molar-refractivity contribution in [2.45, 2.75) is 51.5 Å². The molecule has 1 N–H and O–H groups in total. The Morgan fingerprint density at radius 1 is 1.29 bits per heavy atom. The van der Waals surface area contributed by atoms with Crippen molar-refractivity contribution < 1.29 is 12.8 Å². The van der Waals surface area contributed by atoms with Crippen LogP contribution in [0.25, 0.3) is 0 Å². The average Bonchev–Trinajstić information content (AvgIpc) is 2.81. The van der Waals surface area contributed by atoms with E-state index in [1.165, 1.54) is 4.31 Å². The van der Waals surface area contributed by atoms with Crippen LogP contribution in [0.1, 0.15) is 45.8 Å². The molecule has 0 amide bonds. The van der Waals surface area contributed by atoms with Gasteiger partial charge in [-0.3, -0.25) is 0 Å². The van der Waals surface area contributed by atoms with E-state index in [1.807, 2.05) is 13.8 Å². The first kappa shape index (κ1) is 18.7. The highest BCUT2D eigenvalue weighted by molar-refractivity contribution is 9.10. The minimum atomic E-state index is -3.50. The zero-order chi connectivity index (χ0) is 15.9. The molecule has 0 bridgehead atoms. The minimum absolute atomic E-state index is 0.216. The normalized spacial score (nSPS) is 12.2. The molecular formula is C14H25BrN2O3S. The van der Waals surface area contributed by atoms with Crippen LogP contribution in [0.15, 0.2) is 20.0 Å². The van der Waals surface area contributed by atoms with Crippen LogP contribution in [0.4, 0.5) is 0 Å². The molecule has 5 nitrogen and oxygen atoms in total. The van der Waals surface area contributed by atoms with Gasteiger partial charge in [-0.25, -0.2) is 8.42 Å². The van der Waals surface area contributed by atoms with Crippen molar-refractivity contribution >= 4 is 26.0 Å². The first-order valence-electron chi connectivity index (χ1n) is 7.46. The van der Waals surface area contributed by atoms with Crippen LogP contribution in [-0.4, -0.2) is 32.4 Å². The van der Waals surface area contributed by atoms with Crippen molar-refractivity contribution in [2.24, 2.45) is 0 Å². The molecule has 0 aliphatic carbocycles. The summed E-state index contributed by atoms with van der Waals surface area (Å²) in [6.45, 7) is 8.38. The van der Waals surface area contributed by atoms with Gasteiger partial charge in [0.25, 0.3) is 0 Å². The third-order valence-corrected chi connectivity index (χ3v) is 6.00. The van der Waals surface area contributed by atoms with Crippen LogP contribution in [-0.2, 0) is 16.6 Å². The smallest absolute Gasteiger partial charge is 0.247 e. The topological polar surface area (TPSA) is 62.6 Å². The van der Waals surface area contributed by atoms with E-state index in [4.69, 9.17) is 4.42 Å². The van der Waals surface area contributed by atoms with Crippen LogP contribution in [0.5, 0.6) is 0 Å². The van der Waals surface area contributed by atoms with Crippen LogP contribution in [0.2, 0.25) is 0 Å². The van der Waals surface area contributed by atoms with Gasteiger partial charge in [0.15, 0.2) is 4.67 Å². The number of furan rings is 1. The summed E-state index contributed by atoms with van der Waals surface area (Å²) in [5.74, 6) is 0.625. The first-order chi connectivity index (χ1) is 9.97. The lowest BCUT2D eigenvalue weighted by atomic mass is 10.3. The molecule has 0 spiro atoms. The number of hydrogen-bond acceptors (Lipinski definition) is 4. The molecule has 7 heteroatoms. The molecule has 0 saturated heterocycles. The fourth-order valence-electron chi connectivity index (χ4n) is 1.97. The van der Waals surface area contributed by atoms with Crippen molar-refractivity contribution in [1.82, 2.24) is 9.62 Å². The maximum Gasteiger partial charge on any atom is 0.247 e. The van der Waals surface area contributed by atoms with Gasteiger partial charge in [0.2, 0.25) is 10.0 Å². The Labute approximate surface area is 136 Å². The average molecular weight is 381 g/mol. The molecule has 0 fully saturated rings. The third kappa shape index (κ3) is 5.09. The zero-order valence-corrected chi connectivity index (χ0v) is 15.4. The molecule has 0 radical (unpaired) electrons. The van der Waals surface area contributed by atoms with Crippen LogP contribution >= 0.6 is 15.9 Å². The Kier molecular flexibility index (Phi) is 7.94.